The summed E-state index contributed by atoms with van der Waals surface area (Å²) >= 11 is 9.15. The van der Waals surface area contributed by atoms with E-state index in [0.29, 0.717) is 11.6 Å². The maximum absolute atomic E-state index is 5.86. The van der Waals surface area contributed by atoms with E-state index in [0.717, 1.165) is 27.1 Å². The summed E-state index contributed by atoms with van der Waals surface area (Å²) in [6.07, 6.45) is 0. The number of rotatable bonds is 5. The van der Waals surface area contributed by atoms with Crippen LogP contribution in [0.3, 0.4) is 0 Å². The van der Waals surface area contributed by atoms with Crippen molar-refractivity contribution in [3.8, 4) is 5.75 Å². The lowest BCUT2D eigenvalue weighted by molar-refractivity contribution is 0.344. The van der Waals surface area contributed by atoms with Crippen LogP contribution in [0.25, 0.3) is 15.2 Å². The maximum atomic E-state index is 5.86. The van der Waals surface area contributed by atoms with Crippen LogP contribution in [0.4, 0.5) is 0 Å². The molecular formula is C16H12ClN3OS2. The van der Waals surface area contributed by atoms with Crippen LogP contribution in [0.15, 0.2) is 53.7 Å². The van der Waals surface area contributed by atoms with E-state index in [1.165, 1.54) is 4.70 Å². The van der Waals surface area contributed by atoms with Gasteiger partial charge in [-0.05, 0) is 36.4 Å². The molecule has 0 aliphatic heterocycles. The Kier molecular flexibility index (Phi) is 4.11. The number of halogens is 1. The first-order valence-electron chi connectivity index (χ1n) is 7.05. The number of thioether (sulfide) groups is 1. The van der Waals surface area contributed by atoms with Crippen LogP contribution in [0.2, 0.25) is 5.02 Å². The Morgan fingerprint density at radius 2 is 1.91 bits per heavy atom. The number of benzene rings is 2. The molecule has 116 valence electrons. The minimum Gasteiger partial charge on any atom is -0.493 e. The van der Waals surface area contributed by atoms with Crippen molar-refractivity contribution in [3.05, 3.63) is 53.6 Å². The molecule has 0 saturated heterocycles. The Bertz CT molecular complexity index is 949. The molecule has 0 bridgehead atoms. The van der Waals surface area contributed by atoms with Gasteiger partial charge >= 0.3 is 0 Å². The summed E-state index contributed by atoms with van der Waals surface area (Å²) < 4.78 is 9.03. The van der Waals surface area contributed by atoms with E-state index in [4.69, 9.17) is 16.3 Å². The van der Waals surface area contributed by atoms with E-state index in [2.05, 4.69) is 26.7 Å². The Morgan fingerprint density at radius 1 is 1.09 bits per heavy atom. The third kappa shape index (κ3) is 3.02. The van der Waals surface area contributed by atoms with Gasteiger partial charge in [0.15, 0.2) is 5.16 Å². The molecule has 0 N–H and O–H groups in total. The summed E-state index contributed by atoms with van der Waals surface area (Å²) in [5.74, 6) is 1.62. The summed E-state index contributed by atoms with van der Waals surface area (Å²) in [4.78, 5) is 0.923. The summed E-state index contributed by atoms with van der Waals surface area (Å²) in [6.45, 7) is 0.600. The monoisotopic (exact) mass is 361 g/mol. The van der Waals surface area contributed by atoms with Gasteiger partial charge in [-0.2, -0.15) is 0 Å². The minimum absolute atomic E-state index is 0.600. The molecule has 4 aromatic rings. The molecule has 2 heterocycles. The van der Waals surface area contributed by atoms with Crippen LogP contribution in [0.1, 0.15) is 0 Å². The second-order valence-electron chi connectivity index (χ2n) is 4.82. The lowest BCUT2D eigenvalue weighted by Crippen LogP contribution is -2.00. The molecule has 0 unspecified atom stereocenters. The molecule has 0 radical (unpaired) electrons. The number of hydrogen-bond acceptors (Lipinski definition) is 5. The van der Waals surface area contributed by atoms with Crippen molar-refractivity contribution in [3.63, 3.8) is 0 Å². The molecule has 2 aromatic heterocycles. The van der Waals surface area contributed by atoms with Gasteiger partial charge in [0.05, 0.1) is 16.8 Å². The van der Waals surface area contributed by atoms with Crippen LogP contribution >= 0.6 is 34.7 Å². The highest BCUT2D eigenvalue weighted by molar-refractivity contribution is 7.99. The average Bonchev–Trinajstić information content (AvgIpc) is 3.13. The minimum atomic E-state index is 0.600. The lowest BCUT2D eigenvalue weighted by Gasteiger charge is -2.05. The molecule has 0 amide bonds. The second kappa shape index (κ2) is 6.39. The van der Waals surface area contributed by atoms with E-state index in [-0.39, 0.29) is 0 Å². The van der Waals surface area contributed by atoms with Gasteiger partial charge in [0, 0.05) is 10.8 Å². The highest BCUT2D eigenvalue weighted by Crippen LogP contribution is 2.29. The SMILES string of the molecule is Clc1ccc(OCCSc2nnc3sc4ccccc4n23)cc1. The average molecular weight is 362 g/mol. The predicted octanol–water partition coefficient (Wildman–Crippen LogP) is 4.77. The zero-order valence-corrected chi connectivity index (χ0v) is 14.4. The number of nitrogens with zero attached hydrogens (tertiary/aromatic N) is 3. The van der Waals surface area contributed by atoms with Gasteiger partial charge in [0.1, 0.15) is 5.75 Å². The quantitative estimate of drug-likeness (QED) is 0.379. The van der Waals surface area contributed by atoms with Gasteiger partial charge in [-0.25, -0.2) is 0 Å². The van der Waals surface area contributed by atoms with E-state index in [1.807, 2.05) is 36.4 Å². The fourth-order valence-corrected chi connectivity index (χ4v) is 4.18. The van der Waals surface area contributed by atoms with Crippen molar-refractivity contribution < 1.29 is 4.74 Å². The first-order valence-corrected chi connectivity index (χ1v) is 9.23. The Balaban J connectivity index is 1.45. The van der Waals surface area contributed by atoms with Crippen molar-refractivity contribution in [1.29, 1.82) is 0 Å². The molecule has 7 heteroatoms. The predicted molar refractivity (Wildman–Crippen MR) is 96.0 cm³/mol. The third-order valence-electron chi connectivity index (χ3n) is 3.31. The fraction of sp³-hybridized carbons (Fsp3) is 0.125. The molecule has 0 saturated carbocycles. The number of hydrogen-bond donors (Lipinski definition) is 0. The number of fused-ring (bicyclic) bond motifs is 3. The molecule has 0 fully saturated rings. The van der Waals surface area contributed by atoms with Gasteiger partial charge < -0.3 is 4.74 Å². The largest absolute Gasteiger partial charge is 0.493 e. The molecular weight excluding hydrogens is 350 g/mol. The first-order chi connectivity index (χ1) is 11.3. The lowest BCUT2D eigenvalue weighted by atomic mass is 10.3. The summed E-state index contributed by atoms with van der Waals surface area (Å²) in [7, 11) is 0. The number of para-hydroxylation sites is 1. The van der Waals surface area contributed by atoms with Gasteiger partial charge in [0.2, 0.25) is 4.96 Å². The van der Waals surface area contributed by atoms with Crippen molar-refractivity contribution in [2.75, 3.05) is 12.4 Å². The molecule has 0 spiro atoms. The summed E-state index contributed by atoms with van der Waals surface area (Å²) in [5.41, 5.74) is 1.15. The highest BCUT2D eigenvalue weighted by atomic mass is 35.5. The fourth-order valence-electron chi connectivity index (χ4n) is 2.27. The van der Waals surface area contributed by atoms with Crippen LogP contribution in [-0.4, -0.2) is 27.0 Å². The summed E-state index contributed by atoms with van der Waals surface area (Å²) in [5, 5.41) is 10.1. The van der Waals surface area contributed by atoms with Crippen LogP contribution in [-0.2, 0) is 0 Å². The zero-order chi connectivity index (χ0) is 15.6. The topological polar surface area (TPSA) is 39.4 Å². The Labute approximate surface area is 146 Å². The van der Waals surface area contributed by atoms with Gasteiger partial charge in [0.25, 0.3) is 0 Å². The standard InChI is InChI=1S/C16H12ClN3OS2/c17-11-5-7-12(8-6-11)21-9-10-22-15-18-19-16-20(15)13-3-1-2-4-14(13)23-16/h1-8H,9-10H2. The summed E-state index contributed by atoms with van der Waals surface area (Å²) in [6, 6.07) is 15.7. The number of thiazole rings is 1. The van der Waals surface area contributed by atoms with E-state index in [1.54, 1.807) is 23.1 Å². The number of aromatic nitrogens is 3. The van der Waals surface area contributed by atoms with Gasteiger partial charge in [-0.3, -0.25) is 4.40 Å². The maximum Gasteiger partial charge on any atom is 0.217 e. The Hall–Kier alpha value is -1.76. The van der Waals surface area contributed by atoms with Crippen LogP contribution in [0.5, 0.6) is 5.75 Å². The zero-order valence-electron chi connectivity index (χ0n) is 12.0. The second-order valence-corrected chi connectivity index (χ2v) is 7.33. The van der Waals surface area contributed by atoms with E-state index < -0.39 is 0 Å². The molecule has 23 heavy (non-hydrogen) atoms. The van der Waals surface area contributed by atoms with E-state index in [9.17, 15) is 0 Å². The van der Waals surface area contributed by atoms with Crippen LogP contribution < -0.4 is 4.74 Å². The molecule has 4 nitrogen and oxygen atoms in total. The number of ether oxygens (including phenoxy) is 1. The highest BCUT2D eigenvalue weighted by Gasteiger charge is 2.12. The first kappa shape index (κ1) is 14.8. The van der Waals surface area contributed by atoms with Gasteiger partial charge in [-0.15, -0.1) is 10.2 Å². The molecule has 2 aromatic carbocycles. The van der Waals surface area contributed by atoms with Crippen molar-refractivity contribution >= 4 is 49.9 Å². The van der Waals surface area contributed by atoms with Crippen molar-refractivity contribution in [1.82, 2.24) is 14.6 Å². The smallest absolute Gasteiger partial charge is 0.217 e. The van der Waals surface area contributed by atoms with Crippen molar-refractivity contribution in [2.24, 2.45) is 0 Å². The molecule has 0 atom stereocenters. The molecule has 4 rings (SSSR count). The normalized spacial score (nSPS) is 11.3. The van der Waals surface area contributed by atoms with Gasteiger partial charge in [-0.1, -0.05) is 46.8 Å². The third-order valence-corrected chi connectivity index (χ3v) is 5.47. The molecule has 0 aliphatic carbocycles. The Morgan fingerprint density at radius 3 is 2.78 bits per heavy atom. The van der Waals surface area contributed by atoms with Crippen LogP contribution in [0, 0.1) is 0 Å². The van der Waals surface area contributed by atoms with E-state index >= 15 is 0 Å². The van der Waals surface area contributed by atoms with Crippen molar-refractivity contribution in [2.45, 2.75) is 5.16 Å². The molecule has 0 aliphatic rings.